The number of halogens is 1. The number of carbonyl (C=O) groups excluding carboxylic acids is 2. The van der Waals surface area contributed by atoms with E-state index in [0.29, 0.717) is 5.69 Å². The van der Waals surface area contributed by atoms with Gasteiger partial charge in [0.25, 0.3) is 0 Å². The summed E-state index contributed by atoms with van der Waals surface area (Å²) in [5, 5.41) is 5.24. The Labute approximate surface area is 137 Å². The van der Waals surface area contributed by atoms with Gasteiger partial charge in [-0.2, -0.15) is 0 Å². The van der Waals surface area contributed by atoms with E-state index >= 15 is 0 Å². The van der Waals surface area contributed by atoms with Gasteiger partial charge in [-0.05, 0) is 35.9 Å². The molecule has 5 heteroatoms. The summed E-state index contributed by atoms with van der Waals surface area (Å²) in [6.07, 6.45) is 3.10. The predicted octanol–water partition coefficient (Wildman–Crippen LogP) is 3.22. The largest absolute Gasteiger partial charge is 0.343 e. The third-order valence-corrected chi connectivity index (χ3v) is 3.31. The van der Waals surface area contributed by atoms with Gasteiger partial charge in [-0.25, -0.2) is 0 Å². The minimum absolute atomic E-state index is 0.0754. The van der Waals surface area contributed by atoms with Gasteiger partial charge in [0.05, 0.1) is 6.54 Å². The maximum absolute atomic E-state index is 11.7. The second kappa shape index (κ2) is 8.14. The molecule has 0 unspecified atom stereocenters. The van der Waals surface area contributed by atoms with Gasteiger partial charge in [0.1, 0.15) is 0 Å². The van der Waals surface area contributed by atoms with E-state index in [1.54, 1.807) is 18.2 Å². The van der Waals surface area contributed by atoms with E-state index < -0.39 is 0 Å². The third-order valence-electron chi connectivity index (χ3n) is 2.78. The molecule has 0 aromatic heterocycles. The number of rotatable bonds is 5. The van der Waals surface area contributed by atoms with Crippen molar-refractivity contribution in [1.29, 1.82) is 0 Å². The van der Waals surface area contributed by atoms with E-state index in [4.69, 9.17) is 0 Å². The lowest BCUT2D eigenvalue weighted by Crippen LogP contribution is -2.31. The summed E-state index contributed by atoms with van der Waals surface area (Å²) in [7, 11) is 0. The molecular formula is C17H15BrN2O2. The number of benzene rings is 2. The van der Waals surface area contributed by atoms with Crippen LogP contribution in [-0.4, -0.2) is 18.4 Å². The van der Waals surface area contributed by atoms with Crippen molar-refractivity contribution in [3.63, 3.8) is 0 Å². The van der Waals surface area contributed by atoms with Crippen LogP contribution in [0, 0.1) is 0 Å². The van der Waals surface area contributed by atoms with E-state index in [9.17, 15) is 9.59 Å². The fraction of sp³-hybridized carbons (Fsp3) is 0.0588. The fourth-order valence-electron chi connectivity index (χ4n) is 1.70. The first-order valence-electron chi connectivity index (χ1n) is 6.70. The van der Waals surface area contributed by atoms with Crippen molar-refractivity contribution in [1.82, 2.24) is 5.32 Å². The van der Waals surface area contributed by atoms with Crippen LogP contribution in [0.15, 0.2) is 65.1 Å². The number of nitrogens with one attached hydrogen (secondary N) is 2. The van der Waals surface area contributed by atoms with Gasteiger partial charge in [-0.1, -0.05) is 46.3 Å². The smallest absolute Gasteiger partial charge is 0.244 e. The third kappa shape index (κ3) is 5.54. The Hall–Kier alpha value is -2.40. The summed E-state index contributed by atoms with van der Waals surface area (Å²) >= 11 is 3.32. The van der Waals surface area contributed by atoms with Crippen molar-refractivity contribution in [2.24, 2.45) is 0 Å². The van der Waals surface area contributed by atoms with Crippen LogP contribution in [0.3, 0.4) is 0 Å². The lowest BCUT2D eigenvalue weighted by atomic mass is 10.2. The van der Waals surface area contributed by atoms with Gasteiger partial charge in [0, 0.05) is 16.2 Å². The predicted molar refractivity (Wildman–Crippen MR) is 91.3 cm³/mol. The van der Waals surface area contributed by atoms with Crippen molar-refractivity contribution in [2.45, 2.75) is 0 Å². The minimum atomic E-state index is -0.310. The van der Waals surface area contributed by atoms with Gasteiger partial charge in [-0.3, -0.25) is 9.59 Å². The van der Waals surface area contributed by atoms with Crippen molar-refractivity contribution in [3.05, 3.63) is 70.7 Å². The van der Waals surface area contributed by atoms with Crippen LogP contribution in [0.25, 0.3) is 6.08 Å². The van der Waals surface area contributed by atoms with Gasteiger partial charge in [-0.15, -0.1) is 0 Å². The molecule has 0 heterocycles. The average molecular weight is 359 g/mol. The van der Waals surface area contributed by atoms with Crippen LogP contribution >= 0.6 is 15.9 Å². The molecule has 0 bridgehead atoms. The number of hydrogen-bond donors (Lipinski definition) is 2. The molecule has 2 rings (SSSR count). The molecule has 0 spiro atoms. The van der Waals surface area contributed by atoms with Crippen LogP contribution < -0.4 is 10.6 Å². The Bertz CT molecular complexity index is 667. The van der Waals surface area contributed by atoms with Crippen LogP contribution in [0.4, 0.5) is 5.69 Å². The normalized spacial score (nSPS) is 10.4. The molecule has 0 saturated carbocycles. The topological polar surface area (TPSA) is 58.2 Å². The summed E-state index contributed by atoms with van der Waals surface area (Å²) < 4.78 is 0.935. The Morgan fingerprint density at radius 3 is 2.36 bits per heavy atom. The van der Waals surface area contributed by atoms with Gasteiger partial charge < -0.3 is 10.6 Å². The molecule has 22 heavy (non-hydrogen) atoms. The molecule has 2 aromatic carbocycles. The number of carbonyl (C=O) groups is 2. The Kier molecular flexibility index (Phi) is 5.91. The molecule has 0 saturated heterocycles. The lowest BCUT2D eigenvalue weighted by Gasteiger charge is -2.05. The van der Waals surface area contributed by atoms with Crippen LogP contribution in [-0.2, 0) is 9.59 Å². The second-order valence-electron chi connectivity index (χ2n) is 4.52. The monoisotopic (exact) mass is 358 g/mol. The number of anilines is 1. The molecular weight excluding hydrogens is 344 g/mol. The number of hydrogen-bond acceptors (Lipinski definition) is 2. The highest BCUT2D eigenvalue weighted by Gasteiger charge is 2.03. The van der Waals surface area contributed by atoms with Crippen molar-refractivity contribution < 1.29 is 9.59 Å². The summed E-state index contributed by atoms with van der Waals surface area (Å²) in [6, 6.07) is 16.7. The van der Waals surface area contributed by atoms with E-state index in [1.807, 2.05) is 42.5 Å². The van der Waals surface area contributed by atoms with E-state index in [0.717, 1.165) is 10.0 Å². The van der Waals surface area contributed by atoms with E-state index in [1.165, 1.54) is 6.08 Å². The molecule has 2 N–H and O–H groups in total. The molecule has 0 aliphatic carbocycles. The quantitative estimate of drug-likeness (QED) is 0.806. The zero-order valence-electron chi connectivity index (χ0n) is 11.8. The Morgan fingerprint density at radius 1 is 1.00 bits per heavy atom. The fourth-order valence-corrected chi connectivity index (χ4v) is 1.97. The summed E-state index contributed by atoms with van der Waals surface area (Å²) in [5.41, 5.74) is 1.61. The highest BCUT2D eigenvalue weighted by atomic mass is 79.9. The molecule has 0 atom stereocenters. The summed E-state index contributed by atoms with van der Waals surface area (Å²) in [5.74, 6) is -0.585. The minimum Gasteiger partial charge on any atom is -0.343 e. The first-order chi connectivity index (χ1) is 10.6. The SMILES string of the molecule is O=C(/C=C/c1ccccc1)NCC(=O)Nc1ccc(Br)cc1. The molecule has 2 amide bonds. The molecule has 4 nitrogen and oxygen atoms in total. The molecule has 2 aromatic rings. The lowest BCUT2D eigenvalue weighted by molar-refractivity contribution is -0.121. The van der Waals surface area contributed by atoms with Crippen LogP contribution in [0.1, 0.15) is 5.56 Å². The first kappa shape index (κ1) is 16.0. The van der Waals surface area contributed by atoms with Crippen LogP contribution in [0.2, 0.25) is 0 Å². The molecule has 0 radical (unpaired) electrons. The van der Waals surface area contributed by atoms with Gasteiger partial charge in [0.15, 0.2) is 0 Å². The maximum atomic E-state index is 11.7. The first-order valence-corrected chi connectivity index (χ1v) is 7.49. The summed E-state index contributed by atoms with van der Waals surface area (Å²) in [6.45, 7) is -0.0754. The maximum Gasteiger partial charge on any atom is 0.244 e. The zero-order chi connectivity index (χ0) is 15.8. The van der Waals surface area contributed by atoms with Crippen LogP contribution in [0.5, 0.6) is 0 Å². The average Bonchev–Trinajstić information content (AvgIpc) is 2.54. The van der Waals surface area contributed by atoms with Crippen molar-refractivity contribution in [2.75, 3.05) is 11.9 Å². The Balaban J connectivity index is 1.77. The Morgan fingerprint density at radius 2 is 1.68 bits per heavy atom. The van der Waals surface area contributed by atoms with Crippen molar-refractivity contribution >= 4 is 39.5 Å². The zero-order valence-corrected chi connectivity index (χ0v) is 13.3. The second-order valence-corrected chi connectivity index (χ2v) is 5.43. The number of amides is 2. The van der Waals surface area contributed by atoms with E-state index in [2.05, 4.69) is 26.6 Å². The highest BCUT2D eigenvalue weighted by molar-refractivity contribution is 9.10. The highest BCUT2D eigenvalue weighted by Crippen LogP contribution is 2.13. The molecule has 112 valence electrons. The van der Waals surface area contributed by atoms with Gasteiger partial charge >= 0.3 is 0 Å². The summed E-state index contributed by atoms with van der Waals surface area (Å²) in [4.78, 5) is 23.3. The molecule has 0 aliphatic heterocycles. The molecule has 0 fully saturated rings. The van der Waals surface area contributed by atoms with Crippen molar-refractivity contribution in [3.8, 4) is 0 Å². The van der Waals surface area contributed by atoms with Gasteiger partial charge in [0.2, 0.25) is 11.8 Å². The standard InChI is InChI=1S/C17H15BrN2O2/c18-14-7-9-15(10-8-14)20-17(22)12-19-16(21)11-6-13-4-2-1-3-5-13/h1-11H,12H2,(H,19,21)(H,20,22)/b11-6+. The van der Waals surface area contributed by atoms with E-state index in [-0.39, 0.29) is 18.4 Å². The molecule has 0 aliphatic rings.